The van der Waals surface area contributed by atoms with Gasteiger partial charge in [-0.05, 0) is 23.1 Å². The summed E-state index contributed by atoms with van der Waals surface area (Å²) < 4.78 is 51.2. The summed E-state index contributed by atoms with van der Waals surface area (Å²) in [5, 5.41) is 0. The fourth-order valence-corrected chi connectivity index (χ4v) is 2.17. The Labute approximate surface area is 104 Å². The first-order valence-electron chi connectivity index (χ1n) is 4.55. The van der Waals surface area contributed by atoms with E-state index in [-0.39, 0.29) is 12.8 Å². The van der Waals surface area contributed by atoms with E-state index in [2.05, 4.69) is 10.7 Å². The summed E-state index contributed by atoms with van der Waals surface area (Å²) in [5.41, 5.74) is 0.404. The van der Waals surface area contributed by atoms with E-state index in [4.69, 9.17) is 0 Å². The van der Waals surface area contributed by atoms with Gasteiger partial charge in [0.1, 0.15) is 0 Å². The van der Waals surface area contributed by atoms with Gasteiger partial charge in [0.15, 0.2) is 0 Å². The average molecular weight is 293 g/mol. The SMILES string of the molecule is C.CC(C)(C)c1ccc(S(F)(F)(F)(F)Cl)cc1. The Morgan fingerprint density at radius 2 is 1.29 bits per heavy atom. The maximum atomic E-state index is 12.8. The third-order valence-electron chi connectivity index (χ3n) is 2.17. The summed E-state index contributed by atoms with van der Waals surface area (Å²) in [5.74, 6) is 0. The highest BCUT2D eigenvalue weighted by molar-refractivity contribution is 8.65. The van der Waals surface area contributed by atoms with E-state index in [9.17, 15) is 15.5 Å². The monoisotopic (exact) mass is 292 g/mol. The molecule has 0 aromatic heterocycles. The van der Waals surface area contributed by atoms with Crippen LogP contribution in [0.25, 0.3) is 0 Å². The van der Waals surface area contributed by atoms with Crippen molar-refractivity contribution in [2.75, 3.05) is 0 Å². The molecule has 0 fully saturated rings. The van der Waals surface area contributed by atoms with E-state index in [1.807, 2.05) is 20.8 Å². The smallest absolute Gasteiger partial charge is 0.107 e. The topological polar surface area (TPSA) is 0 Å². The van der Waals surface area contributed by atoms with Crippen LogP contribution in [-0.4, -0.2) is 0 Å². The number of halogens is 5. The van der Waals surface area contributed by atoms with Crippen LogP contribution >= 0.6 is 19.7 Å². The van der Waals surface area contributed by atoms with Gasteiger partial charge < -0.3 is 0 Å². The second-order valence-electron chi connectivity index (χ2n) is 4.74. The predicted octanol–water partition coefficient (Wildman–Crippen LogP) is 6.55. The van der Waals surface area contributed by atoms with Crippen molar-refractivity contribution in [2.24, 2.45) is 0 Å². The fourth-order valence-electron chi connectivity index (χ4n) is 1.21. The molecule has 0 spiro atoms. The zero-order valence-electron chi connectivity index (χ0n) is 9.11. The van der Waals surface area contributed by atoms with Crippen LogP contribution in [0.1, 0.15) is 33.8 Å². The molecule has 0 N–H and O–H groups in total. The molecule has 102 valence electrons. The Kier molecular flexibility index (Phi) is 3.45. The van der Waals surface area contributed by atoms with Gasteiger partial charge in [0.2, 0.25) is 0 Å². The van der Waals surface area contributed by atoms with Gasteiger partial charge in [0.05, 0.1) is 4.90 Å². The van der Waals surface area contributed by atoms with Crippen molar-refractivity contribution in [1.82, 2.24) is 0 Å². The molecule has 0 aliphatic rings. The molecule has 0 radical (unpaired) electrons. The minimum Gasteiger partial charge on any atom is -0.107 e. The van der Waals surface area contributed by atoms with Gasteiger partial charge in [0, 0.05) is 10.7 Å². The first-order chi connectivity index (χ1) is 6.70. The Morgan fingerprint density at radius 1 is 0.941 bits per heavy atom. The highest BCUT2D eigenvalue weighted by atomic mass is 35.7. The molecule has 1 rings (SSSR count). The molecule has 0 bridgehead atoms. The van der Waals surface area contributed by atoms with E-state index in [0.717, 1.165) is 0 Å². The van der Waals surface area contributed by atoms with E-state index in [1.165, 1.54) is 12.1 Å². The molecule has 0 aliphatic heterocycles. The lowest BCUT2D eigenvalue weighted by Gasteiger charge is -2.42. The number of benzene rings is 1. The predicted molar refractivity (Wildman–Crippen MR) is 68.0 cm³/mol. The van der Waals surface area contributed by atoms with Gasteiger partial charge in [-0.1, -0.05) is 40.3 Å². The minimum absolute atomic E-state index is 0. The zero-order valence-corrected chi connectivity index (χ0v) is 10.7. The molecule has 0 amide bonds. The maximum Gasteiger partial charge on any atom is 0.253 e. The fraction of sp³-hybridized carbons (Fsp3) is 0.455. The lowest BCUT2D eigenvalue weighted by Crippen LogP contribution is -2.12. The van der Waals surface area contributed by atoms with Gasteiger partial charge in [0.25, 0.3) is 9.05 Å². The lowest BCUT2D eigenvalue weighted by atomic mass is 9.87. The van der Waals surface area contributed by atoms with Gasteiger partial charge in [-0.15, -0.1) is 15.5 Å². The van der Waals surface area contributed by atoms with Crippen LogP contribution < -0.4 is 0 Å². The molecule has 1 aromatic rings. The van der Waals surface area contributed by atoms with Gasteiger partial charge in [-0.25, -0.2) is 0 Å². The second kappa shape index (κ2) is 3.54. The van der Waals surface area contributed by atoms with Crippen molar-refractivity contribution in [2.45, 2.75) is 38.5 Å². The van der Waals surface area contributed by atoms with Crippen LogP contribution in [0.4, 0.5) is 15.5 Å². The summed E-state index contributed by atoms with van der Waals surface area (Å²) in [6.07, 6.45) is 0. The lowest BCUT2D eigenvalue weighted by molar-refractivity contribution is 0.479. The largest absolute Gasteiger partial charge is 0.253 e. The molecule has 0 nitrogen and oxygen atoms in total. The Bertz CT molecular complexity index is 399. The second-order valence-corrected chi connectivity index (χ2v) is 9.02. The average Bonchev–Trinajstić information content (AvgIpc) is 1.99. The quantitative estimate of drug-likeness (QED) is 0.515. The summed E-state index contributed by atoms with van der Waals surface area (Å²) >= 11 is 0. The van der Waals surface area contributed by atoms with Crippen molar-refractivity contribution in [3.05, 3.63) is 29.8 Å². The molecule has 17 heavy (non-hydrogen) atoms. The molecule has 0 aliphatic carbocycles. The van der Waals surface area contributed by atoms with Crippen LogP contribution in [0.5, 0.6) is 0 Å². The number of hydrogen-bond acceptors (Lipinski definition) is 0. The van der Waals surface area contributed by atoms with E-state index in [1.54, 1.807) is 0 Å². The standard InChI is InChI=1S/C10H13ClF4S.CH4/c1-10(2,3)8-4-6-9(7-5-8)16(11,12,13,14)15;/h4-7H,1-3H3;1H4. The highest BCUT2D eigenvalue weighted by Gasteiger charge is 2.62. The van der Waals surface area contributed by atoms with E-state index in [0.29, 0.717) is 17.7 Å². The van der Waals surface area contributed by atoms with Crippen LogP contribution in [0.2, 0.25) is 0 Å². The van der Waals surface area contributed by atoms with Gasteiger partial charge in [-0.2, -0.15) is 0 Å². The van der Waals surface area contributed by atoms with Crippen molar-refractivity contribution in [3.63, 3.8) is 0 Å². The number of hydrogen-bond donors (Lipinski definition) is 0. The van der Waals surface area contributed by atoms with Crippen molar-refractivity contribution < 1.29 is 15.5 Å². The van der Waals surface area contributed by atoms with Crippen LogP contribution in [-0.2, 0) is 5.41 Å². The molecule has 0 unspecified atom stereocenters. The zero-order chi connectivity index (χ0) is 12.9. The maximum absolute atomic E-state index is 12.8. The summed E-state index contributed by atoms with van der Waals surface area (Å²) in [6.45, 7) is 5.56. The van der Waals surface area contributed by atoms with Crippen LogP contribution in [0.15, 0.2) is 29.2 Å². The Balaban J connectivity index is 0.00000256. The molecule has 1 aromatic carbocycles. The van der Waals surface area contributed by atoms with Gasteiger partial charge >= 0.3 is 0 Å². The van der Waals surface area contributed by atoms with Crippen LogP contribution in [0, 0.1) is 0 Å². The normalized spacial score (nSPS) is 16.7. The van der Waals surface area contributed by atoms with E-state index >= 15 is 0 Å². The van der Waals surface area contributed by atoms with Crippen molar-refractivity contribution >= 4 is 19.7 Å². The first kappa shape index (κ1) is 16.6. The summed E-state index contributed by atoms with van der Waals surface area (Å²) in [6, 6.07) is 3.87. The van der Waals surface area contributed by atoms with Crippen LogP contribution in [0.3, 0.4) is 0 Å². The van der Waals surface area contributed by atoms with Crippen molar-refractivity contribution in [1.29, 1.82) is 0 Å². The Hall–Kier alpha value is -0.420. The molecule has 0 atom stereocenters. The molecule has 0 saturated heterocycles. The number of rotatable bonds is 1. The highest BCUT2D eigenvalue weighted by Crippen LogP contribution is 3.04. The molecule has 0 saturated carbocycles. The third-order valence-corrected chi connectivity index (χ3v) is 3.86. The molecule has 6 heteroatoms. The molecular formula is C11H17ClF4S. The third kappa shape index (κ3) is 4.39. The molecule has 0 heterocycles. The van der Waals surface area contributed by atoms with Crippen molar-refractivity contribution in [3.8, 4) is 0 Å². The summed E-state index contributed by atoms with van der Waals surface area (Å²) in [7, 11) is -4.36. The summed E-state index contributed by atoms with van der Waals surface area (Å²) in [4.78, 5) is -1.41. The Morgan fingerprint density at radius 3 is 1.53 bits per heavy atom. The van der Waals surface area contributed by atoms with E-state index < -0.39 is 13.9 Å². The first-order valence-corrected chi connectivity index (χ1v) is 7.42. The minimum atomic E-state index is -8.54. The molecular weight excluding hydrogens is 276 g/mol. The van der Waals surface area contributed by atoms with Gasteiger partial charge in [-0.3, -0.25) is 0 Å².